The first-order valence-corrected chi connectivity index (χ1v) is 10.00. The van der Waals surface area contributed by atoms with Gasteiger partial charge in [0.25, 0.3) is 0 Å². The predicted octanol–water partition coefficient (Wildman–Crippen LogP) is 3.08. The highest BCUT2D eigenvalue weighted by molar-refractivity contribution is 7.99. The van der Waals surface area contributed by atoms with Gasteiger partial charge in [-0.05, 0) is 50.3 Å². The van der Waals surface area contributed by atoms with Crippen LogP contribution in [0.4, 0.5) is 0 Å². The number of thioether (sulfide) groups is 1. The van der Waals surface area contributed by atoms with E-state index < -0.39 is 0 Å². The van der Waals surface area contributed by atoms with Gasteiger partial charge >= 0.3 is 0 Å². The Morgan fingerprint density at radius 3 is 2.90 bits per heavy atom. The number of ether oxygens (including phenoxy) is 2. The molecule has 0 aromatic rings. The molecule has 1 spiro atoms. The minimum atomic E-state index is 0.197. The third-order valence-electron chi connectivity index (χ3n) is 5.67. The van der Waals surface area contributed by atoms with Crippen LogP contribution in [0.25, 0.3) is 0 Å². The van der Waals surface area contributed by atoms with Crippen LogP contribution in [-0.2, 0) is 9.47 Å². The minimum Gasteiger partial charge on any atom is -0.378 e. The second kappa shape index (κ2) is 7.20. The van der Waals surface area contributed by atoms with E-state index in [2.05, 4.69) is 30.9 Å². The molecule has 0 radical (unpaired) electrons. The van der Waals surface area contributed by atoms with Gasteiger partial charge < -0.3 is 14.8 Å². The van der Waals surface area contributed by atoms with Crippen LogP contribution in [-0.4, -0.2) is 49.0 Å². The van der Waals surface area contributed by atoms with Crippen LogP contribution >= 0.6 is 11.8 Å². The molecular weight excluding hydrogens is 282 g/mol. The van der Waals surface area contributed by atoms with Crippen LogP contribution in [0.1, 0.15) is 46.0 Å². The summed E-state index contributed by atoms with van der Waals surface area (Å²) in [6.07, 6.45) is 6.57. The van der Waals surface area contributed by atoms with Gasteiger partial charge in [0.15, 0.2) is 0 Å². The Bertz CT molecular complexity index is 333. The molecule has 122 valence electrons. The summed E-state index contributed by atoms with van der Waals surface area (Å²) in [6, 6.07) is 0.619. The molecule has 1 N–H and O–H groups in total. The SMILES string of the molecule is CCNC(C1CCOC2(CCSC2)C1)C1CCOC1CC. The van der Waals surface area contributed by atoms with Gasteiger partial charge in [0.1, 0.15) is 0 Å². The van der Waals surface area contributed by atoms with Crippen molar-refractivity contribution in [1.29, 1.82) is 0 Å². The first-order valence-electron chi connectivity index (χ1n) is 8.84. The number of nitrogens with one attached hydrogen (secondary N) is 1. The molecule has 0 bridgehead atoms. The van der Waals surface area contributed by atoms with E-state index in [4.69, 9.17) is 9.47 Å². The first-order chi connectivity index (χ1) is 10.3. The maximum Gasteiger partial charge on any atom is 0.0783 e. The van der Waals surface area contributed by atoms with E-state index in [0.717, 1.165) is 32.1 Å². The topological polar surface area (TPSA) is 30.5 Å². The molecule has 3 aliphatic heterocycles. The zero-order valence-electron chi connectivity index (χ0n) is 13.6. The third-order valence-corrected chi connectivity index (χ3v) is 6.89. The molecule has 21 heavy (non-hydrogen) atoms. The normalized spacial score (nSPS) is 41.7. The van der Waals surface area contributed by atoms with Crippen molar-refractivity contribution < 1.29 is 9.47 Å². The molecule has 3 saturated heterocycles. The molecule has 5 atom stereocenters. The molecule has 3 aliphatic rings. The summed E-state index contributed by atoms with van der Waals surface area (Å²) in [7, 11) is 0. The molecule has 5 unspecified atom stereocenters. The van der Waals surface area contributed by atoms with Crippen LogP contribution in [0.2, 0.25) is 0 Å². The Balaban J connectivity index is 1.70. The van der Waals surface area contributed by atoms with Crippen LogP contribution in [0.15, 0.2) is 0 Å². The van der Waals surface area contributed by atoms with Crippen LogP contribution in [0.3, 0.4) is 0 Å². The van der Waals surface area contributed by atoms with E-state index in [1.165, 1.54) is 37.2 Å². The average molecular weight is 314 g/mol. The monoisotopic (exact) mass is 313 g/mol. The van der Waals surface area contributed by atoms with Crippen molar-refractivity contribution in [1.82, 2.24) is 5.32 Å². The lowest BCUT2D eigenvalue weighted by molar-refractivity contribution is -0.0902. The Morgan fingerprint density at radius 2 is 2.19 bits per heavy atom. The smallest absolute Gasteiger partial charge is 0.0783 e. The van der Waals surface area contributed by atoms with Gasteiger partial charge in [-0.3, -0.25) is 0 Å². The quantitative estimate of drug-likeness (QED) is 0.845. The Kier molecular flexibility index (Phi) is 5.52. The van der Waals surface area contributed by atoms with Gasteiger partial charge in [0.2, 0.25) is 0 Å². The highest BCUT2D eigenvalue weighted by Crippen LogP contribution is 2.43. The summed E-state index contributed by atoms with van der Waals surface area (Å²) >= 11 is 2.07. The van der Waals surface area contributed by atoms with Gasteiger partial charge in [-0.1, -0.05) is 13.8 Å². The predicted molar refractivity (Wildman–Crippen MR) is 89.0 cm³/mol. The lowest BCUT2D eigenvalue weighted by Gasteiger charge is -2.43. The summed E-state index contributed by atoms with van der Waals surface area (Å²) in [4.78, 5) is 0. The minimum absolute atomic E-state index is 0.197. The van der Waals surface area contributed by atoms with E-state index in [-0.39, 0.29) is 5.60 Å². The molecule has 3 nitrogen and oxygen atoms in total. The van der Waals surface area contributed by atoms with Crippen molar-refractivity contribution in [3.05, 3.63) is 0 Å². The summed E-state index contributed by atoms with van der Waals surface area (Å²) < 4.78 is 12.2. The largest absolute Gasteiger partial charge is 0.378 e. The Morgan fingerprint density at radius 1 is 1.29 bits per heavy atom. The fraction of sp³-hybridized carbons (Fsp3) is 1.00. The first kappa shape index (κ1) is 16.1. The second-order valence-electron chi connectivity index (χ2n) is 6.94. The maximum absolute atomic E-state index is 6.22. The van der Waals surface area contributed by atoms with Crippen LogP contribution < -0.4 is 5.32 Å². The van der Waals surface area contributed by atoms with Gasteiger partial charge in [-0.25, -0.2) is 0 Å². The van der Waals surface area contributed by atoms with Gasteiger partial charge in [0, 0.05) is 30.9 Å². The summed E-state index contributed by atoms with van der Waals surface area (Å²) in [5, 5.41) is 3.82. The van der Waals surface area contributed by atoms with Crippen molar-refractivity contribution in [3.63, 3.8) is 0 Å². The van der Waals surface area contributed by atoms with E-state index in [1.807, 2.05) is 0 Å². The number of hydrogen-bond donors (Lipinski definition) is 1. The average Bonchev–Trinajstić information content (AvgIpc) is 3.14. The fourth-order valence-corrected chi connectivity index (χ4v) is 6.01. The van der Waals surface area contributed by atoms with Gasteiger partial charge in [0.05, 0.1) is 11.7 Å². The van der Waals surface area contributed by atoms with E-state index >= 15 is 0 Å². The molecule has 3 heterocycles. The van der Waals surface area contributed by atoms with Crippen molar-refractivity contribution in [2.24, 2.45) is 11.8 Å². The van der Waals surface area contributed by atoms with E-state index in [0.29, 0.717) is 18.1 Å². The van der Waals surface area contributed by atoms with Crippen molar-refractivity contribution >= 4 is 11.8 Å². The highest BCUT2D eigenvalue weighted by Gasteiger charge is 2.45. The van der Waals surface area contributed by atoms with Crippen molar-refractivity contribution in [2.45, 2.75) is 63.7 Å². The number of hydrogen-bond acceptors (Lipinski definition) is 4. The molecule has 3 rings (SSSR count). The second-order valence-corrected chi connectivity index (χ2v) is 8.05. The zero-order valence-corrected chi connectivity index (χ0v) is 14.4. The Labute approximate surface area is 133 Å². The summed E-state index contributed by atoms with van der Waals surface area (Å²) in [6.45, 7) is 7.48. The summed E-state index contributed by atoms with van der Waals surface area (Å²) in [5.41, 5.74) is 0.197. The highest BCUT2D eigenvalue weighted by atomic mass is 32.2. The van der Waals surface area contributed by atoms with Crippen molar-refractivity contribution in [2.75, 3.05) is 31.3 Å². The summed E-state index contributed by atoms with van der Waals surface area (Å²) in [5.74, 6) is 3.95. The molecule has 0 amide bonds. The lowest BCUT2D eigenvalue weighted by Crippen LogP contribution is -2.51. The lowest BCUT2D eigenvalue weighted by atomic mass is 9.75. The maximum atomic E-state index is 6.22. The molecule has 0 aromatic carbocycles. The molecular formula is C17H31NO2S. The van der Waals surface area contributed by atoms with Crippen LogP contribution in [0, 0.1) is 11.8 Å². The van der Waals surface area contributed by atoms with Crippen LogP contribution in [0.5, 0.6) is 0 Å². The fourth-order valence-electron chi connectivity index (χ4n) is 4.64. The van der Waals surface area contributed by atoms with Crippen molar-refractivity contribution in [3.8, 4) is 0 Å². The standard InChI is InChI=1S/C17H31NO2S/c1-3-15-14(6-8-19-15)16(18-4-2)13-5-9-20-17(11-13)7-10-21-12-17/h13-16,18H,3-12H2,1-2H3. The Hall–Kier alpha value is 0.230. The van der Waals surface area contributed by atoms with Gasteiger partial charge in [-0.15, -0.1) is 0 Å². The molecule has 0 saturated carbocycles. The molecule has 0 aliphatic carbocycles. The molecule has 4 heteroatoms. The molecule has 3 fully saturated rings. The van der Waals surface area contributed by atoms with E-state index in [9.17, 15) is 0 Å². The zero-order chi connectivity index (χ0) is 14.7. The van der Waals surface area contributed by atoms with Gasteiger partial charge in [-0.2, -0.15) is 11.8 Å². The molecule has 0 aromatic heterocycles. The van der Waals surface area contributed by atoms with E-state index in [1.54, 1.807) is 0 Å². The number of rotatable bonds is 5. The third kappa shape index (κ3) is 3.44.